The Bertz CT molecular complexity index is 3980. The van der Waals surface area contributed by atoms with E-state index >= 15 is 0 Å². The number of thiophene rings is 1. The van der Waals surface area contributed by atoms with Crippen molar-refractivity contribution in [3.63, 3.8) is 0 Å². The van der Waals surface area contributed by atoms with Gasteiger partial charge in [0.05, 0.1) is 10.4 Å². The molecular weight excluding hydrogens is 776 g/mol. The highest BCUT2D eigenvalue weighted by Gasteiger charge is 2.45. The van der Waals surface area contributed by atoms with Gasteiger partial charge in [-0.1, -0.05) is 102 Å². The molecule has 0 saturated heterocycles. The summed E-state index contributed by atoms with van der Waals surface area (Å²) in [6.07, 6.45) is 0. The lowest BCUT2D eigenvalue weighted by molar-refractivity contribution is 0.590. The molecule has 0 N–H and O–H groups in total. The molecule has 0 amide bonds. The second kappa shape index (κ2) is 11.6. The smallest absolute Gasteiger partial charge is 0.333 e. The van der Waals surface area contributed by atoms with Crippen molar-refractivity contribution in [2.75, 3.05) is 4.90 Å². The number of rotatable bonds is 1. The van der Waals surface area contributed by atoms with Gasteiger partial charge in [-0.25, -0.2) is 0 Å². The van der Waals surface area contributed by atoms with E-state index in [9.17, 15) is 0 Å². The molecule has 0 fully saturated rings. The van der Waals surface area contributed by atoms with Crippen LogP contribution in [-0.4, -0.2) is 11.3 Å². The molecule has 0 spiro atoms. The summed E-state index contributed by atoms with van der Waals surface area (Å²) < 4.78 is 18.5. The molecule has 14 rings (SSSR count). The highest BCUT2D eigenvalue weighted by Crippen LogP contribution is 2.53. The number of anilines is 3. The summed E-state index contributed by atoms with van der Waals surface area (Å²) >= 11 is 1.91. The van der Waals surface area contributed by atoms with E-state index in [4.69, 9.17) is 8.83 Å². The van der Waals surface area contributed by atoms with Gasteiger partial charge in [0.25, 0.3) is 0 Å². The van der Waals surface area contributed by atoms with Crippen LogP contribution in [0.5, 0.6) is 0 Å². The van der Waals surface area contributed by atoms with Crippen molar-refractivity contribution in [2.24, 2.45) is 0 Å². The van der Waals surface area contributed by atoms with Crippen LogP contribution in [0, 0.1) is 0 Å². The summed E-state index contributed by atoms with van der Waals surface area (Å²) in [6.45, 7) is 13.9. The Morgan fingerprint density at radius 2 is 1.16 bits per heavy atom. The van der Waals surface area contributed by atoms with Crippen LogP contribution in [-0.2, 0) is 10.8 Å². The van der Waals surface area contributed by atoms with Crippen molar-refractivity contribution in [1.82, 2.24) is 4.48 Å². The number of nitrogens with zero attached hydrogens (tertiary/aromatic N) is 2. The van der Waals surface area contributed by atoms with E-state index in [0.29, 0.717) is 0 Å². The number of para-hydroxylation sites is 2. The molecule has 12 aromatic rings. The standard InChI is InChI=1S/C56H41BN2O2S/c1-55(2,3)30-19-21-44-36(23-30)40-24-31(56(4,5)6)25-41-39-27-42-35-15-9-12-18-50(35)62-54(42)53-51(39)57(59(44)52(40)41)43-29-49-38(34-14-8-11-17-47(34)61-49)28-45(43)58(53)32-20-22-48-37(26-32)33-13-7-10-16-46(33)60-48/h7-29H,1-6H3. The predicted molar refractivity (Wildman–Crippen MR) is 265 cm³/mol. The maximum atomic E-state index is 6.77. The SMILES string of the molecule is CC(C)(C)c1ccc2c(c1)c1cc(C(C)(C)C)cc3c1n2B1c2cc4oc5ccccc5c4cc2N(c2ccc4oc5ccccc5c4c2)c2c1c-3cc1c2sc2ccccc21. The van der Waals surface area contributed by atoms with Gasteiger partial charge < -0.3 is 18.2 Å². The zero-order chi connectivity index (χ0) is 41.6. The average molecular weight is 817 g/mol. The van der Waals surface area contributed by atoms with Gasteiger partial charge in [0.2, 0.25) is 0 Å². The molecule has 6 heteroatoms. The van der Waals surface area contributed by atoms with Crippen LogP contribution in [0.4, 0.5) is 17.1 Å². The van der Waals surface area contributed by atoms with Crippen LogP contribution >= 0.6 is 11.3 Å². The Morgan fingerprint density at radius 3 is 1.92 bits per heavy atom. The first-order valence-electron chi connectivity index (χ1n) is 21.8. The molecule has 296 valence electrons. The van der Waals surface area contributed by atoms with E-state index < -0.39 is 0 Å². The van der Waals surface area contributed by atoms with E-state index in [1.807, 2.05) is 11.3 Å². The van der Waals surface area contributed by atoms with Gasteiger partial charge in [-0.2, -0.15) is 0 Å². The highest BCUT2D eigenvalue weighted by atomic mass is 32.1. The monoisotopic (exact) mass is 816 g/mol. The molecule has 2 aliphatic heterocycles. The van der Waals surface area contributed by atoms with Crippen LogP contribution in [0.15, 0.2) is 148 Å². The van der Waals surface area contributed by atoms with Gasteiger partial charge >= 0.3 is 6.85 Å². The predicted octanol–water partition coefficient (Wildman–Crippen LogP) is 15.0. The highest BCUT2D eigenvalue weighted by molar-refractivity contribution is 7.26. The fourth-order valence-corrected chi connectivity index (χ4v) is 12.2. The first-order valence-corrected chi connectivity index (χ1v) is 22.6. The van der Waals surface area contributed by atoms with E-state index in [0.717, 1.165) is 49.6 Å². The van der Waals surface area contributed by atoms with Gasteiger partial charge in [0, 0.05) is 75.8 Å². The lowest BCUT2D eigenvalue weighted by atomic mass is 9.45. The van der Waals surface area contributed by atoms with Gasteiger partial charge in [0.1, 0.15) is 22.3 Å². The number of furan rings is 2. The van der Waals surface area contributed by atoms with Crippen molar-refractivity contribution in [2.45, 2.75) is 52.4 Å². The summed E-state index contributed by atoms with van der Waals surface area (Å²) in [5.74, 6) is 0. The van der Waals surface area contributed by atoms with E-state index in [1.54, 1.807) is 0 Å². The molecule has 0 saturated carbocycles. The van der Waals surface area contributed by atoms with Crippen molar-refractivity contribution >= 4 is 132 Å². The molecule has 0 atom stereocenters. The van der Waals surface area contributed by atoms with Crippen molar-refractivity contribution in [1.29, 1.82) is 0 Å². The van der Waals surface area contributed by atoms with Crippen molar-refractivity contribution in [3.8, 4) is 11.1 Å². The fourth-order valence-electron chi connectivity index (χ4n) is 11.0. The minimum atomic E-state index is -0.120. The minimum Gasteiger partial charge on any atom is -0.456 e. The van der Waals surface area contributed by atoms with Crippen LogP contribution in [0.1, 0.15) is 52.7 Å². The minimum absolute atomic E-state index is 0.00106. The molecule has 4 aromatic heterocycles. The van der Waals surface area contributed by atoms with Crippen LogP contribution in [0.2, 0.25) is 0 Å². The van der Waals surface area contributed by atoms with Crippen LogP contribution in [0.3, 0.4) is 0 Å². The molecule has 0 bridgehead atoms. The van der Waals surface area contributed by atoms with Crippen molar-refractivity contribution in [3.05, 3.63) is 151 Å². The largest absolute Gasteiger partial charge is 0.456 e. The average Bonchev–Trinajstić information content (AvgIpc) is 4.02. The summed E-state index contributed by atoms with van der Waals surface area (Å²) in [5.41, 5.74) is 17.5. The summed E-state index contributed by atoms with van der Waals surface area (Å²) in [6, 6.07) is 52.2. The summed E-state index contributed by atoms with van der Waals surface area (Å²) in [7, 11) is 0. The third-order valence-electron chi connectivity index (χ3n) is 14.0. The molecule has 0 unspecified atom stereocenters. The number of hydrogen-bond donors (Lipinski definition) is 0. The topological polar surface area (TPSA) is 34.5 Å². The Kier molecular flexibility index (Phi) is 6.52. The fraction of sp³-hybridized carbons (Fsp3) is 0.143. The lowest BCUT2D eigenvalue weighted by Gasteiger charge is -2.41. The molecule has 8 aromatic carbocycles. The normalized spacial score (nSPS) is 13.9. The summed E-state index contributed by atoms with van der Waals surface area (Å²) in [4.78, 5) is 2.59. The number of benzene rings is 8. The van der Waals surface area contributed by atoms with Gasteiger partial charge in [-0.05, 0) is 117 Å². The molecule has 2 aliphatic rings. The zero-order valence-electron chi connectivity index (χ0n) is 35.5. The molecule has 0 aliphatic carbocycles. The van der Waals surface area contributed by atoms with Crippen LogP contribution < -0.4 is 15.8 Å². The van der Waals surface area contributed by atoms with E-state index in [-0.39, 0.29) is 17.7 Å². The number of aromatic nitrogens is 1. The maximum Gasteiger partial charge on any atom is 0.333 e. The molecular formula is C56H41BN2O2S. The lowest BCUT2D eigenvalue weighted by Crippen LogP contribution is -2.56. The van der Waals surface area contributed by atoms with Crippen molar-refractivity contribution < 1.29 is 8.83 Å². The van der Waals surface area contributed by atoms with Crippen LogP contribution in [0.25, 0.3) is 97.0 Å². The third kappa shape index (κ3) is 4.47. The Labute approximate surface area is 362 Å². The van der Waals surface area contributed by atoms with Gasteiger partial charge in [-0.15, -0.1) is 11.3 Å². The van der Waals surface area contributed by atoms with Gasteiger partial charge in [-0.3, -0.25) is 0 Å². The second-order valence-corrected chi connectivity index (χ2v) is 20.8. The number of hydrogen-bond acceptors (Lipinski definition) is 4. The Hall–Kier alpha value is -6.76. The van der Waals surface area contributed by atoms with E-state index in [2.05, 4.69) is 190 Å². The maximum absolute atomic E-state index is 6.77. The van der Waals surface area contributed by atoms with E-state index in [1.165, 1.54) is 86.5 Å². The number of fused-ring (bicyclic) bond motifs is 17. The first kappa shape index (κ1) is 34.9. The molecule has 0 radical (unpaired) electrons. The first-order chi connectivity index (χ1) is 30.0. The third-order valence-corrected chi connectivity index (χ3v) is 15.2. The quantitative estimate of drug-likeness (QED) is 0.155. The molecule has 62 heavy (non-hydrogen) atoms. The Balaban J connectivity index is 1.21. The summed E-state index contributed by atoms with van der Waals surface area (Å²) in [5, 5.41) is 9.71. The Morgan fingerprint density at radius 1 is 0.500 bits per heavy atom. The molecule has 6 heterocycles. The second-order valence-electron chi connectivity index (χ2n) is 19.7. The zero-order valence-corrected chi connectivity index (χ0v) is 36.3. The van der Waals surface area contributed by atoms with Gasteiger partial charge in [0.15, 0.2) is 0 Å². The molecule has 4 nitrogen and oxygen atoms in total.